The van der Waals surface area contributed by atoms with Crippen LogP contribution in [0.15, 0.2) is 23.0 Å². The Balaban J connectivity index is 1.46. The summed E-state index contributed by atoms with van der Waals surface area (Å²) in [5.41, 5.74) is 2.10. The average molecular weight is 476 g/mol. The van der Waals surface area contributed by atoms with Crippen LogP contribution >= 0.6 is 0 Å². The van der Waals surface area contributed by atoms with Crippen molar-refractivity contribution in [1.29, 1.82) is 0 Å². The number of carbonyl (C=O) groups excluding carboxylic acids is 2. The van der Waals surface area contributed by atoms with Crippen molar-refractivity contribution in [1.82, 2.24) is 20.0 Å². The van der Waals surface area contributed by atoms with Gasteiger partial charge in [0.05, 0.1) is 11.3 Å². The molecule has 1 saturated heterocycles. The zero-order chi connectivity index (χ0) is 24.6. The summed E-state index contributed by atoms with van der Waals surface area (Å²) in [5, 5.41) is 6.50. The summed E-state index contributed by atoms with van der Waals surface area (Å²) in [6.07, 6.45) is 0.279. The predicted molar refractivity (Wildman–Crippen MR) is 118 cm³/mol. The number of H-pyrrole nitrogens is 1. The monoisotopic (exact) mass is 476 g/mol. The Morgan fingerprint density at radius 1 is 1.15 bits per heavy atom. The maximum absolute atomic E-state index is 14.6. The van der Waals surface area contributed by atoms with E-state index in [2.05, 4.69) is 10.2 Å². The minimum atomic E-state index is -2.68. The lowest BCUT2D eigenvalue weighted by molar-refractivity contribution is -0.141. The SMILES string of the molecule is Cc1c(Cc2ccc(F)c(C(=O)N3CCN(C4CCC(F)(F)CC4)C(=O)C3)c2)n[nH]c(=O)c1C. The normalized spacial score (nSPS) is 18.9. The highest BCUT2D eigenvalue weighted by molar-refractivity contribution is 5.97. The second-order valence-electron chi connectivity index (χ2n) is 9.14. The van der Waals surface area contributed by atoms with Crippen LogP contribution in [0.3, 0.4) is 0 Å². The number of carbonyl (C=O) groups is 2. The summed E-state index contributed by atoms with van der Waals surface area (Å²) in [6.45, 7) is 3.70. The number of aromatic amines is 1. The number of piperazine rings is 1. The van der Waals surface area contributed by atoms with Crippen LogP contribution in [0.1, 0.15) is 58.4 Å². The minimum Gasteiger partial charge on any atom is -0.336 e. The Morgan fingerprint density at radius 2 is 1.85 bits per heavy atom. The summed E-state index contributed by atoms with van der Waals surface area (Å²) < 4.78 is 41.5. The van der Waals surface area contributed by atoms with Crippen LogP contribution in [-0.4, -0.2) is 63.4 Å². The number of hydrogen-bond acceptors (Lipinski definition) is 4. The van der Waals surface area contributed by atoms with E-state index in [0.717, 1.165) is 5.56 Å². The molecule has 0 radical (unpaired) electrons. The quantitative estimate of drug-likeness (QED) is 0.735. The molecule has 1 aliphatic carbocycles. The van der Waals surface area contributed by atoms with Crippen LogP contribution in [0.5, 0.6) is 0 Å². The number of hydrogen-bond donors (Lipinski definition) is 1. The number of benzene rings is 1. The van der Waals surface area contributed by atoms with Gasteiger partial charge in [0.1, 0.15) is 12.4 Å². The van der Waals surface area contributed by atoms with Gasteiger partial charge in [-0.1, -0.05) is 6.07 Å². The molecule has 1 aromatic heterocycles. The van der Waals surface area contributed by atoms with E-state index in [1.54, 1.807) is 24.8 Å². The van der Waals surface area contributed by atoms with Crippen molar-refractivity contribution in [2.75, 3.05) is 19.6 Å². The Labute approximate surface area is 194 Å². The molecular formula is C24H27F3N4O3. The first kappa shape index (κ1) is 24.0. The molecule has 0 unspecified atom stereocenters. The van der Waals surface area contributed by atoms with Crippen molar-refractivity contribution >= 4 is 11.8 Å². The van der Waals surface area contributed by atoms with Gasteiger partial charge >= 0.3 is 0 Å². The molecule has 1 aromatic carbocycles. The van der Waals surface area contributed by atoms with Gasteiger partial charge in [-0.25, -0.2) is 18.3 Å². The average Bonchev–Trinajstić information content (AvgIpc) is 2.80. The molecule has 2 heterocycles. The lowest BCUT2D eigenvalue weighted by atomic mass is 9.90. The van der Waals surface area contributed by atoms with Gasteiger partial charge in [0.25, 0.3) is 11.5 Å². The van der Waals surface area contributed by atoms with Crippen LogP contribution in [0, 0.1) is 19.7 Å². The molecule has 7 nitrogen and oxygen atoms in total. The number of alkyl halides is 2. The smallest absolute Gasteiger partial charge is 0.267 e. The zero-order valence-electron chi connectivity index (χ0n) is 19.2. The van der Waals surface area contributed by atoms with Gasteiger partial charge in [-0.05, 0) is 49.9 Å². The van der Waals surface area contributed by atoms with E-state index >= 15 is 0 Å². The third-order valence-corrected chi connectivity index (χ3v) is 6.93. The van der Waals surface area contributed by atoms with Gasteiger partial charge in [0, 0.05) is 44.0 Å². The van der Waals surface area contributed by atoms with Gasteiger partial charge in [0.15, 0.2) is 0 Å². The molecule has 0 bridgehead atoms. The molecule has 1 aliphatic heterocycles. The highest BCUT2D eigenvalue weighted by atomic mass is 19.3. The first-order valence-corrected chi connectivity index (χ1v) is 11.4. The fourth-order valence-electron chi connectivity index (χ4n) is 4.64. The van der Waals surface area contributed by atoms with Gasteiger partial charge in [0.2, 0.25) is 11.8 Å². The molecule has 34 heavy (non-hydrogen) atoms. The number of halogens is 3. The van der Waals surface area contributed by atoms with Crippen molar-refractivity contribution in [2.45, 2.75) is 57.9 Å². The number of amides is 2. The molecule has 2 aliphatic rings. The predicted octanol–water partition coefficient (Wildman–Crippen LogP) is 2.98. The van der Waals surface area contributed by atoms with Gasteiger partial charge in [-0.2, -0.15) is 5.10 Å². The van der Waals surface area contributed by atoms with E-state index in [1.807, 2.05) is 0 Å². The number of rotatable bonds is 4. The number of aromatic nitrogens is 2. The molecule has 0 spiro atoms. The van der Waals surface area contributed by atoms with Crippen LogP contribution in [0.2, 0.25) is 0 Å². The Bertz CT molecular complexity index is 1170. The maximum Gasteiger partial charge on any atom is 0.267 e. The van der Waals surface area contributed by atoms with E-state index in [0.29, 0.717) is 23.2 Å². The Hall–Kier alpha value is -3.17. The Morgan fingerprint density at radius 3 is 2.53 bits per heavy atom. The molecular weight excluding hydrogens is 449 g/mol. The largest absolute Gasteiger partial charge is 0.336 e. The fourth-order valence-corrected chi connectivity index (χ4v) is 4.64. The second-order valence-corrected chi connectivity index (χ2v) is 9.14. The van der Waals surface area contributed by atoms with Crippen molar-refractivity contribution in [3.63, 3.8) is 0 Å². The van der Waals surface area contributed by atoms with Crippen molar-refractivity contribution < 1.29 is 22.8 Å². The summed E-state index contributed by atoms with van der Waals surface area (Å²) in [6, 6.07) is 3.95. The van der Waals surface area contributed by atoms with E-state index in [9.17, 15) is 27.6 Å². The van der Waals surface area contributed by atoms with E-state index in [-0.39, 0.29) is 68.4 Å². The zero-order valence-corrected chi connectivity index (χ0v) is 19.2. The molecule has 2 fully saturated rings. The van der Waals surface area contributed by atoms with Crippen LogP contribution in [0.25, 0.3) is 0 Å². The van der Waals surface area contributed by atoms with Crippen molar-refractivity contribution in [2.24, 2.45) is 0 Å². The van der Waals surface area contributed by atoms with Gasteiger partial charge in [-0.3, -0.25) is 14.4 Å². The van der Waals surface area contributed by atoms with Gasteiger partial charge in [-0.15, -0.1) is 0 Å². The Kier molecular flexibility index (Phi) is 6.51. The van der Waals surface area contributed by atoms with Gasteiger partial charge < -0.3 is 9.80 Å². The molecule has 0 atom stereocenters. The molecule has 182 valence electrons. The second kappa shape index (κ2) is 9.23. The van der Waals surface area contributed by atoms with E-state index in [1.165, 1.54) is 17.0 Å². The molecule has 2 aromatic rings. The molecule has 4 rings (SSSR count). The molecule has 1 saturated carbocycles. The van der Waals surface area contributed by atoms with Crippen LogP contribution in [-0.2, 0) is 11.2 Å². The third-order valence-electron chi connectivity index (χ3n) is 6.93. The van der Waals surface area contributed by atoms with E-state index in [4.69, 9.17) is 0 Å². The van der Waals surface area contributed by atoms with Crippen LogP contribution < -0.4 is 5.56 Å². The summed E-state index contributed by atoms with van der Waals surface area (Å²) in [4.78, 5) is 40.3. The topological polar surface area (TPSA) is 86.4 Å². The fraction of sp³-hybridized carbons (Fsp3) is 0.500. The summed E-state index contributed by atoms with van der Waals surface area (Å²) in [5.74, 6) is -4.28. The molecule has 10 heteroatoms. The number of nitrogens with one attached hydrogen (secondary N) is 1. The third kappa shape index (κ3) is 4.85. The highest BCUT2D eigenvalue weighted by Gasteiger charge is 2.40. The molecule has 1 N–H and O–H groups in total. The van der Waals surface area contributed by atoms with Crippen molar-refractivity contribution in [3.05, 3.63) is 62.3 Å². The summed E-state index contributed by atoms with van der Waals surface area (Å²) in [7, 11) is 0. The first-order chi connectivity index (χ1) is 16.1. The van der Waals surface area contributed by atoms with E-state index < -0.39 is 17.6 Å². The summed E-state index contributed by atoms with van der Waals surface area (Å²) >= 11 is 0. The first-order valence-electron chi connectivity index (χ1n) is 11.4. The number of nitrogens with zero attached hydrogens (tertiary/aromatic N) is 3. The minimum absolute atomic E-state index is 0.144. The van der Waals surface area contributed by atoms with Crippen molar-refractivity contribution in [3.8, 4) is 0 Å². The molecule has 2 amide bonds. The highest BCUT2D eigenvalue weighted by Crippen LogP contribution is 2.35. The standard InChI is InChI=1S/C24H27F3N4O3/c1-14-15(2)22(33)29-28-20(14)12-16-3-4-19(25)18(11-16)23(34)30-9-10-31(21(32)13-30)17-5-7-24(26,27)8-6-17/h3-4,11,17H,5-10,12-13H2,1-2H3,(H,29,33). The maximum atomic E-state index is 14.6. The van der Waals surface area contributed by atoms with Crippen LogP contribution in [0.4, 0.5) is 13.2 Å². The lowest BCUT2D eigenvalue weighted by Gasteiger charge is -2.41. The lowest BCUT2D eigenvalue weighted by Crippen LogP contribution is -2.56.